The summed E-state index contributed by atoms with van der Waals surface area (Å²) in [5.74, 6) is -1.55. The van der Waals surface area contributed by atoms with Crippen molar-refractivity contribution < 1.29 is 19.5 Å². The Kier molecular flexibility index (Phi) is 12.6. The molecule has 232 valence electrons. The van der Waals surface area contributed by atoms with Crippen LogP contribution < -0.4 is 33.6 Å². The molecule has 0 unspecified atom stereocenters. The number of carbonyl (C=O) groups is 3. The third kappa shape index (κ3) is 11.2. The van der Waals surface area contributed by atoms with Crippen molar-refractivity contribution in [3.05, 3.63) is 65.7 Å². The van der Waals surface area contributed by atoms with Crippen LogP contribution in [0.2, 0.25) is 0 Å². The van der Waals surface area contributed by atoms with Crippen molar-refractivity contribution in [2.75, 3.05) is 19.6 Å². The van der Waals surface area contributed by atoms with Gasteiger partial charge in [-0.3, -0.25) is 19.4 Å². The molecule has 2 aromatic rings. The first-order valence-corrected chi connectivity index (χ1v) is 14.5. The third-order valence-electron chi connectivity index (χ3n) is 7.12. The quantitative estimate of drug-likeness (QED) is 0.0883. The van der Waals surface area contributed by atoms with Gasteiger partial charge < -0.3 is 43.6 Å². The van der Waals surface area contributed by atoms with E-state index in [9.17, 15) is 19.5 Å². The van der Waals surface area contributed by atoms with E-state index in [4.69, 9.17) is 22.9 Å². The minimum atomic E-state index is -1.04. The molecule has 1 heterocycles. The molecule has 1 saturated heterocycles. The smallest absolute Gasteiger partial charge is 0.245 e. The van der Waals surface area contributed by atoms with Crippen molar-refractivity contribution in [3.8, 4) is 5.75 Å². The van der Waals surface area contributed by atoms with Gasteiger partial charge in [-0.1, -0.05) is 42.5 Å². The van der Waals surface area contributed by atoms with E-state index in [0.29, 0.717) is 31.5 Å². The summed E-state index contributed by atoms with van der Waals surface area (Å²) in [4.78, 5) is 50.6. The standard InChI is InChI=1S/C30H43N9O4/c31-29(32)35-15-7-10-23(36-27(42)24(38-30(33)34)18-21-11-13-22(40)14-12-21)26(41)37-25(19-20-8-3-1-4-9-20)28(43)39-16-5-2-6-17-39/h1,3-4,8-9,11-14,23-25,40H,2,5-7,10,15-19H2,(H,36,42)(H,37,41)(H4,31,32,35)(H4,33,34,38)/t23-,24+,25+/m1/s1. The fraction of sp³-hybridized carbons (Fsp3) is 0.433. The average Bonchev–Trinajstić information content (AvgIpc) is 2.99. The van der Waals surface area contributed by atoms with Gasteiger partial charge in [0.2, 0.25) is 17.7 Å². The predicted octanol–water partition coefficient (Wildman–Crippen LogP) is -0.145. The van der Waals surface area contributed by atoms with Crippen LogP contribution in [0.3, 0.4) is 0 Å². The van der Waals surface area contributed by atoms with Crippen LogP contribution in [-0.2, 0) is 27.2 Å². The van der Waals surface area contributed by atoms with Crippen LogP contribution in [0.15, 0.2) is 64.6 Å². The fourth-order valence-electron chi connectivity index (χ4n) is 4.93. The van der Waals surface area contributed by atoms with Gasteiger partial charge in [0.25, 0.3) is 0 Å². The Labute approximate surface area is 251 Å². The number of nitrogens with zero attached hydrogens (tertiary/aromatic N) is 3. The Morgan fingerprint density at radius 2 is 1.42 bits per heavy atom. The van der Waals surface area contributed by atoms with Crippen molar-refractivity contribution in [1.82, 2.24) is 15.5 Å². The van der Waals surface area contributed by atoms with Gasteiger partial charge in [0.1, 0.15) is 23.9 Å². The summed E-state index contributed by atoms with van der Waals surface area (Å²) in [7, 11) is 0. The molecule has 3 atom stereocenters. The highest BCUT2D eigenvalue weighted by Gasteiger charge is 2.31. The third-order valence-corrected chi connectivity index (χ3v) is 7.12. The SMILES string of the molecule is NC(N)=NCCC[C@@H](NC(=O)[C@H](Cc1ccc(O)cc1)N=C(N)N)C(=O)N[C@@H](Cc1ccccc1)C(=O)N1CCCCC1. The molecular formula is C30H43N9O4. The Bertz CT molecular complexity index is 1250. The monoisotopic (exact) mass is 593 g/mol. The van der Waals surface area contributed by atoms with Gasteiger partial charge in [-0.15, -0.1) is 0 Å². The summed E-state index contributed by atoms with van der Waals surface area (Å²) in [6.07, 6.45) is 3.88. The lowest BCUT2D eigenvalue weighted by atomic mass is 10.0. The van der Waals surface area contributed by atoms with Crippen molar-refractivity contribution in [1.29, 1.82) is 0 Å². The summed E-state index contributed by atoms with van der Waals surface area (Å²) in [5, 5.41) is 15.3. The topological polar surface area (TPSA) is 228 Å². The van der Waals surface area contributed by atoms with Crippen molar-refractivity contribution in [2.45, 2.75) is 63.1 Å². The summed E-state index contributed by atoms with van der Waals surface area (Å²) < 4.78 is 0. The van der Waals surface area contributed by atoms with E-state index >= 15 is 0 Å². The van der Waals surface area contributed by atoms with E-state index in [0.717, 1.165) is 24.8 Å². The molecule has 3 amide bonds. The van der Waals surface area contributed by atoms with Gasteiger partial charge in [0.15, 0.2) is 11.9 Å². The number of nitrogens with one attached hydrogen (secondary N) is 2. The second kappa shape index (κ2) is 16.6. The van der Waals surface area contributed by atoms with Gasteiger partial charge in [0, 0.05) is 32.5 Å². The number of guanidine groups is 2. The number of aliphatic imine (C=N–C) groups is 2. The molecule has 1 aliphatic rings. The molecule has 0 spiro atoms. The first-order chi connectivity index (χ1) is 20.6. The van der Waals surface area contributed by atoms with Crippen LogP contribution in [0.4, 0.5) is 0 Å². The molecule has 11 N–H and O–H groups in total. The summed E-state index contributed by atoms with van der Waals surface area (Å²) in [5.41, 5.74) is 23.7. The van der Waals surface area contributed by atoms with Crippen molar-refractivity contribution in [2.24, 2.45) is 32.9 Å². The molecular weight excluding hydrogens is 550 g/mol. The van der Waals surface area contributed by atoms with Gasteiger partial charge in [-0.2, -0.15) is 0 Å². The lowest BCUT2D eigenvalue weighted by Gasteiger charge is -2.31. The van der Waals surface area contributed by atoms with E-state index in [-0.39, 0.29) is 43.0 Å². The van der Waals surface area contributed by atoms with Crippen molar-refractivity contribution in [3.63, 3.8) is 0 Å². The Balaban J connectivity index is 1.81. The number of hydrogen-bond donors (Lipinski definition) is 7. The lowest BCUT2D eigenvalue weighted by Crippen LogP contribution is -2.56. The second-order valence-electron chi connectivity index (χ2n) is 10.6. The Hall–Kier alpha value is -4.81. The molecule has 3 rings (SSSR count). The number of likely N-dealkylation sites (tertiary alicyclic amines) is 1. The van der Waals surface area contributed by atoms with E-state index in [1.807, 2.05) is 30.3 Å². The molecule has 0 saturated carbocycles. The van der Waals surface area contributed by atoms with Crippen LogP contribution >= 0.6 is 0 Å². The van der Waals surface area contributed by atoms with E-state index in [2.05, 4.69) is 20.6 Å². The molecule has 0 radical (unpaired) electrons. The number of rotatable bonds is 14. The maximum atomic E-state index is 13.7. The molecule has 0 aliphatic carbocycles. The molecule has 0 bridgehead atoms. The highest BCUT2D eigenvalue weighted by molar-refractivity contribution is 5.94. The first-order valence-electron chi connectivity index (χ1n) is 14.5. The first kappa shape index (κ1) is 32.7. The number of amides is 3. The number of phenolic OH excluding ortho intramolecular Hbond substituents is 1. The van der Waals surface area contributed by atoms with Gasteiger partial charge >= 0.3 is 0 Å². The highest BCUT2D eigenvalue weighted by atomic mass is 16.3. The van der Waals surface area contributed by atoms with Crippen LogP contribution in [-0.4, -0.2) is 77.4 Å². The second-order valence-corrected chi connectivity index (χ2v) is 10.6. The largest absolute Gasteiger partial charge is 0.508 e. The number of carbonyl (C=O) groups excluding carboxylic acids is 3. The molecule has 1 fully saturated rings. The maximum absolute atomic E-state index is 13.7. The molecule has 0 aromatic heterocycles. The van der Waals surface area contributed by atoms with Crippen LogP contribution in [0.25, 0.3) is 0 Å². The summed E-state index contributed by atoms with van der Waals surface area (Å²) in [6.45, 7) is 1.51. The highest BCUT2D eigenvalue weighted by Crippen LogP contribution is 2.15. The molecule has 13 nitrogen and oxygen atoms in total. The number of phenols is 1. The van der Waals surface area contributed by atoms with Gasteiger partial charge in [0.05, 0.1) is 0 Å². The van der Waals surface area contributed by atoms with E-state index < -0.39 is 29.9 Å². The zero-order valence-electron chi connectivity index (χ0n) is 24.3. The van der Waals surface area contributed by atoms with Crippen LogP contribution in [0.5, 0.6) is 5.75 Å². The number of hydrogen-bond acceptors (Lipinski definition) is 6. The minimum Gasteiger partial charge on any atom is -0.508 e. The molecule has 1 aliphatic heterocycles. The number of piperidine rings is 1. The maximum Gasteiger partial charge on any atom is 0.245 e. The van der Waals surface area contributed by atoms with E-state index in [1.165, 1.54) is 12.1 Å². The minimum absolute atomic E-state index is 0.0771. The number of benzene rings is 2. The zero-order valence-corrected chi connectivity index (χ0v) is 24.3. The Morgan fingerprint density at radius 3 is 2.05 bits per heavy atom. The molecule has 43 heavy (non-hydrogen) atoms. The molecule has 2 aromatic carbocycles. The normalized spacial score (nSPS) is 14.9. The molecule has 13 heteroatoms. The number of aromatic hydroxyl groups is 1. The average molecular weight is 594 g/mol. The lowest BCUT2D eigenvalue weighted by molar-refractivity contribution is -0.138. The summed E-state index contributed by atoms with van der Waals surface area (Å²) in [6, 6.07) is 12.8. The zero-order chi connectivity index (χ0) is 31.2. The van der Waals surface area contributed by atoms with Crippen LogP contribution in [0, 0.1) is 0 Å². The Morgan fingerprint density at radius 1 is 0.791 bits per heavy atom. The van der Waals surface area contributed by atoms with Gasteiger partial charge in [-0.25, -0.2) is 4.99 Å². The van der Waals surface area contributed by atoms with Crippen LogP contribution in [0.1, 0.15) is 43.2 Å². The predicted molar refractivity (Wildman–Crippen MR) is 166 cm³/mol. The van der Waals surface area contributed by atoms with Gasteiger partial charge in [-0.05, 0) is 55.4 Å². The number of nitrogens with two attached hydrogens (primary N) is 4. The van der Waals surface area contributed by atoms with Crippen molar-refractivity contribution >= 4 is 29.6 Å². The van der Waals surface area contributed by atoms with E-state index in [1.54, 1.807) is 17.0 Å². The summed E-state index contributed by atoms with van der Waals surface area (Å²) >= 11 is 0. The fourth-order valence-corrected chi connectivity index (χ4v) is 4.93.